The van der Waals surface area contributed by atoms with Gasteiger partial charge in [0, 0.05) is 16.0 Å². The van der Waals surface area contributed by atoms with E-state index >= 15 is 0 Å². The first kappa shape index (κ1) is 13.8. The zero-order valence-corrected chi connectivity index (χ0v) is 12.0. The summed E-state index contributed by atoms with van der Waals surface area (Å²) in [6, 6.07) is 5.85. The number of benzene rings is 1. The van der Waals surface area contributed by atoms with Gasteiger partial charge in [-0.05, 0) is 36.2 Å². The van der Waals surface area contributed by atoms with Gasteiger partial charge in [-0.15, -0.1) is 0 Å². The summed E-state index contributed by atoms with van der Waals surface area (Å²) >= 11 is 9.50. The van der Waals surface area contributed by atoms with Crippen molar-refractivity contribution in [2.75, 3.05) is 13.1 Å². The molecule has 0 heterocycles. The molecular weight excluding hydrogens is 286 g/mol. The van der Waals surface area contributed by atoms with Gasteiger partial charge >= 0.3 is 0 Å². The van der Waals surface area contributed by atoms with Crippen LogP contribution in [0.4, 0.5) is 0 Å². The van der Waals surface area contributed by atoms with Crippen molar-refractivity contribution in [3.63, 3.8) is 0 Å². The molecule has 16 heavy (non-hydrogen) atoms. The number of halogens is 2. The lowest BCUT2D eigenvalue weighted by molar-refractivity contribution is 0.577. The first-order chi connectivity index (χ1) is 7.59. The van der Waals surface area contributed by atoms with Crippen molar-refractivity contribution in [1.82, 2.24) is 5.32 Å². The monoisotopic (exact) mass is 301 g/mol. The topological polar surface area (TPSA) is 12.0 Å². The highest BCUT2D eigenvalue weighted by atomic mass is 79.9. The average Bonchev–Trinajstić information content (AvgIpc) is 2.22. The zero-order chi connectivity index (χ0) is 12.0. The van der Waals surface area contributed by atoms with Gasteiger partial charge in [-0.25, -0.2) is 0 Å². The SMILES string of the molecule is CC(C)CNC/C=C/c1cc(Br)ccc1Cl. The summed E-state index contributed by atoms with van der Waals surface area (Å²) in [7, 11) is 0. The van der Waals surface area contributed by atoms with E-state index in [1.165, 1.54) is 0 Å². The molecule has 0 fully saturated rings. The van der Waals surface area contributed by atoms with Gasteiger partial charge in [0.05, 0.1) is 0 Å². The number of hydrogen-bond acceptors (Lipinski definition) is 1. The van der Waals surface area contributed by atoms with E-state index in [1.54, 1.807) is 0 Å². The number of nitrogens with one attached hydrogen (secondary N) is 1. The molecule has 0 aliphatic heterocycles. The fraction of sp³-hybridized carbons (Fsp3) is 0.385. The van der Waals surface area contributed by atoms with Gasteiger partial charge in [-0.1, -0.05) is 53.5 Å². The molecule has 1 N–H and O–H groups in total. The Hall–Kier alpha value is -0.310. The van der Waals surface area contributed by atoms with Crippen molar-refractivity contribution in [3.8, 4) is 0 Å². The van der Waals surface area contributed by atoms with Gasteiger partial charge in [-0.2, -0.15) is 0 Å². The molecule has 1 aromatic carbocycles. The number of rotatable bonds is 5. The summed E-state index contributed by atoms with van der Waals surface area (Å²) in [4.78, 5) is 0. The second-order valence-electron chi connectivity index (χ2n) is 4.12. The van der Waals surface area contributed by atoms with Crippen LogP contribution in [0.15, 0.2) is 28.7 Å². The molecule has 0 aliphatic rings. The Kier molecular flexibility index (Phi) is 6.10. The van der Waals surface area contributed by atoms with Gasteiger partial charge in [-0.3, -0.25) is 0 Å². The molecule has 0 saturated heterocycles. The first-order valence-electron chi connectivity index (χ1n) is 5.42. The van der Waals surface area contributed by atoms with Crippen LogP contribution < -0.4 is 5.32 Å². The zero-order valence-electron chi connectivity index (χ0n) is 9.63. The number of hydrogen-bond donors (Lipinski definition) is 1. The van der Waals surface area contributed by atoms with E-state index in [1.807, 2.05) is 24.3 Å². The molecule has 0 saturated carbocycles. The van der Waals surface area contributed by atoms with E-state index < -0.39 is 0 Å². The minimum absolute atomic E-state index is 0.683. The lowest BCUT2D eigenvalue weighted by Crippen LogP contribution is -2.19. The van der Waals surface area contributed by atoms with Gasteiger partial charge in [0.25, 0.3) is 0 Å². The summed E-state index contributed by atoms with van der Waals surface area (Å²) in [5.74, 6) is 0.683. The molecule has 0 unspecified atom stereocenters. The molecular formula is C13H17BrClN. The van der Waals surface area contributed by atoms with Crippen molar-refractivity contribution in [2.45, 2.75) is 13.8 Å². The van der Waals surface area contributed by atoms with Crippen LogP contribution in [0.3, 0.4) is 0 Å². The van der Waals surface area contributed by atoms with E-state index in [-0.39, 0.29) is 0 Å². The van der Waals surface area contributed by atoms with E-state index in [0.29, 0.717) is 5.92 Å². The summed E-state index contributed by atoms with van der Waals surface area (Å²) in [5, 5.41) is 4.13. The van der Waals surface area contributed by atoms with Crippen molar-refractivity contribution in [1.29, 1.82) is 0 Å². The second-order valence-corrected chi connectivity index (χ2v) is 5.44. The molecule has 0 amide bonds. The van der Waals surface area contributed by atoms with Gasteiger partial charge in [0.1, 0.15) is 0 Å². The summed E-state index contributed by atoms with van der Waals surface area (Å²) < 4.78 is 1.05. The van der Waals surface area contributed by atoms with Gasteiger partial charge in [0.15, 0.2) is 0 Å². The Morgan fingerprint density at radius 3 is 2.88 bits per heavy atom. The summed E-state index contributed by atoms with van der Waals surface area (Å²) in [5.41, 5.74) is 1.04. The standard InChI is InChI=1S/C13H17BrClN/c1-10(2)9-16-7-3-4-11-8-12(14)5-6-13(11)15/h3-6,8,10,16H,7,9H2,1-2H3/b4-3+. The molecule has 0 radical (unpaired) electrons. The fourth-order valence-corrected chi connectivity index (χ4v) is 1.84. The highest BCUT2D eigenvalue weighted by Gasteiger charge is 1.96. The van der Waals surface area contributed by atoms with Crippen LogP contribution in [0.25, 0.3) is 6.08 Å². The van der Waals surface area contributed by atoms with Crippen LogP contribution in [-0.4, -0.2) is 13.1 Å². The smallest absolute Gasteiger partial charge is 0.0479 e. The Morgan fingerprint density at radius 1 is 1.44 bits per heavy atom. The van der Waals surface area contributed by atoms with Crippen molar-refractivity contribution in [3.05, 3.63) is 39.3 Å². The maximum atomic E-state index is 6.07. The molecule has 88 valence electrons. The molecule has 1 rings (SSSR count). The lowest BCUT2D eigenvalue weighted by atomic mass is 10.2. The third kappa shape index (κ3) is 5.15. The minimum atomic E-state index is 0.683. The Labute approximate surface area is 111 Å². The van der Waals surface area contributed by atoms with Crippen molar-refractivity contribution >= 4 is 33.6 Å². The molecule has 0 atom stereocenters. The third-order valence-corrected chi connectivity index (χ3v) is 2.91. The van der Waals surface area contributed by atoms with Crippen LogP contribution in [0.2, 0.25) is 5.02 Å². The summed E-state index contributed by atoms with van der Waals surface area (Å²) in [6.45, 7) is 6.31. The largest absolute Gasteiger partial charge is 0.313 e. The predicted molar refractivity (Wildman–Crippen MR) is 75.9 cm³/mol. The predicted octanol–water partition coefficient (Wildman–Crippen LogP) is 4.36. The van der Waals surface area contributed by atoms with Crippen LogP contribution >= 0.6 is 27.5 Å². The van der Waals surface area contributed by atoms with Gasteiger partial charge < -0.3 is 5.32 Å². The highest BCUT2D eigenvalue weighted by Crippen LogP contribution is 2.21. The van der Waals surface area contributed by atoms with Gasteiger partial charge in [0.2, 0.25) is 0 Å². The molecule has 1 aromatic rings. The maximum Gasteiger partial charge on any atom is 0.0479 e. The maximum absolute atomic E-state index is 6.07. The molecule has 0 aliphatic carbocycles. The minimum Gasteiger partial charge on any atom is -0.313 e. The van der Waals surface area contributed by atoms with Crippen molar-refractivity contribution in [2.24, 2.45) is 5.92 Å². The Balaban J connectivity index is 2.46. The molecule has 0 bridgehead atoms. The molecule has 3 heteroatoms. The molecule has 1 nitrogen and oxygen atoms in total. The van der Waals surface area contributed by atoms with Crippen LogP contribution in [-0.2, 0) is 0 Å². The second kappa shape index (κ2) is 7.10. The van der Waals surface area contributed by atoms with E-state index in [2.05, 4.69) is 41.2 Å². The van der Waals surface area contributed by atoms with E-state index in [0.717, 1.165) is 28.1 Å². The van der Waals surface area contributed by atoms with Crippen LogP contribution in [0, 0.1) is 5.92 Å². The van der Waals surface area contributed by atoms with E-state index in [4.69, 9.17) is 11.6 Å². The average molecular weight is 303 g/mol. The summed E-state index contributed by atoms with van der Waals surface area (Å²) in [6.07, 6.45) is 4.14. The fourth-order valence-electron chi connectivity index (χ4n) is 1.28. The van der Waals surface area contributed by atoms with E-state index in [9.17, 15) is 0 Å². The normalized spacial score (nSPS) is 11.6. The highest BCUT2D eigenvalue weighted by molar-refractivity contribution is 9.10. The van der Waals surface area contributed by atoms with Crippen LogP contribution in [0.1, 0.15) is 19.4 Å². The third-order valence-electron chi connectivity index (χ3n) is 2.07. The quantitative estimate of drug-likeness (QED) is 0.797. The molecule has 0 aromatic heterocycles. The van der Waals surface area contributed by atoms with Crippen LogP contribution in [0.5, 0.6) is 0 Å². The van der Waals surface area contributed by atoms with Crippen molar-refractivity contribution < 1.29 is 0 Å². The Morgan fingerprint density at radius 2 is 2.19 bits per heavy atom. The lowest BCUT2D eigenvalue weighted by Gasteiger charge is -2.04. The Bertz CT molecular complexity index is 361. The molecule has 0 spiro atoms. The first-order valence-corrected chi connectivity index (χ1v) is 6.59.